The van der Waals surface area contributed by atoms with Crippen molar-refractivity contribution in [2.45, 2.75) is 98.2 Å². The average molecular weight is 372 g/mol. The molecule has 7 nitrogen and oxygen atoms in total. The molecule has 0 spiro atoms. The average Bonchev–Trinajstić information content (AvgIpc) is 2.41. The van der Waals surface area contributed by atoms with Crippen molar-refractivity contribution in [1.29, 1.82) is 5.41 Å². The van der Waals surface area contributed by atoms with Crippen LogP contribution in [0.2, 0.25) is 0 Å². The van der Waals surface area contributed by atoms with E-state index in [1.54, 1.807) is 41.5 Å². The number of hydrogen-bond acceptors (Lipinski definition) is 5. The zero-order valence-corrected chi connectivity index (χ0v) is 17.5. The molecule has 0 heterocycles. The van der Waals surface area contributed by atoms with Gasteiger partial charge >= 0.3 is 12.2 Å². The molecule has 0 fully saturated rings. The largest absolute Gasteiger partial charge is 0.444 e. The minimum absolute atomic E-state index is 0.315. The van der Waals surface area contributed by atoms with Crippen molar-refractivity contribution < 1.29 is 19.1 Å². The van der Waals surface area contributed by atoms with E-state index in [2.05, 4.69) is 12.2 Å². The smallest absolute Gasteiger partial charge is 0.417 e. The summed E-state index contributed by atoms with van der Waals surface area (Å²) >= 11 is 0. The molecule has 0 saturated carbocycles. The lowest BCUT2D eigenvalue weighted by molar-refractivity contribution is 0.0355. The van der Waals surface area contributed by atoms with E-state index >= 15 is 0 Å². The summed E-state index contributed by atoms with van der Waals surface area (Å²) in [5.41, 5.74) is -1.36. The van der Waals surface area contributed by atoms with Crippen molar-refractivity contribution >= 4 is 18.1 Å². The van der Waals surface area contributed by atoms with Crippen molar-refractivity contribution in [2.75, 3.05) is 6.54 Å². The Balaban J connectivity index is 4.77. The fourth-order valence-corrected chi connectivity index (χ4v) is 2.13. The van der Waals surface area contributed by atoms with Gasteiger partial charge in [0, 0.05) is 6.54 Å². The molecule has 2 amide bonds. The normalized spacial score (nSPS) is 11.7. The molecule has 0 atom stereocenters. The Labute approximate surface area is 158 Å². The second-order valence-electron chi connectivity index (χ2n) is 8.38. The molecule has 2 N–H and O–H groups in total. The lowest BCUT2D eigenvalue weighted by Crippen LogP contribution is -2.49. The van der Waals surface area contributed by atoms with Gasteiger partial charge in [-0.3, -0.25) is 10.7 Å². The van der Waals surface area contributed by atoms with E-state index in [0.29, 0.717) is 6.54 Å². The molecule has 0 bridgehead atoms. The molecule has 0 aromatic carbocycles. The fourth-order valence-electron chi connectivity index (χ4n) is 2.13. The number of hydrogen-bond donors (Lipinski definition) is 2. The third-order valence-electron chi connectivity index (χ3n) is 3.24. The number of carbonyl (C=O) groups excluding carboxylic acids is 2. The number of carbonyl (C=O) groups is 2. The number of guanidine groups is 1. The highest BCUT2D eigenvalue weighted by Crippen LogP contribution is 2.12. The molecule has 0 unspecified atom stereocenters. The predicted molar refractivity (Wildman–Crippen MR) is 103 cm³/mol. The summed E-state index contributed by atoms with van der Waals surface area (Å²) in [5, 5.41) is 10.4. The summed E-state index contributed by atoms with van der Waals surface area (Å²) in [7, 11) is 0. The van der Waals surface area contributed by atoms with Gasteiger partial charge in [-0.25, -0.2) is 14.5 Å². The summed E-state index contributed by atoms with van der Waals surface area (Å²) in [6.07, 6.45) is 4.91. The Morgan fingerprint density at radius 3 is 1.88 bits per heavy atom. The maximum atomic E-state index is 12.4. The summed E-state index contributed by atoms with van der Waals surface area (Å²) in [6, 6.07) is 0. The molecule has 0 rings (SSSR count). The standard InChI is InChI=1S/C19H37N3O4/c1-8-9-10-11-12-13-14-22(17(24)26-19(5,6)7)15(20)21-16(23)25-18(2,3)4/h8-14H2,1-7H3,(H2,20,21,23). The lowest BCUT2D eigenvalue weighted by Gasteiger charge is -2.28. The Morgan fingerprint density at radius 2 is 1.38 bits per heavy atom. The highest BCUT2D eigenvalue weighted by atomic mass is 16.6. The third-order valence-corrected chi connectivity index (χ3v) is 3.24. The molecule has 152 valence electrons. The minimum atomic E-state index is -0.765. The first-order valence-electron chi connectivity index (χ1n) is 9.45. The number of nitrogens with one attached hydrogen (secondary N) is 2. The van der Waals surface area contributed by atoms with Gasteiger partial charge in [0.1, 0.15) is 11.2 Å². The molecular weight excluding hydrogens is 334 g/mol. The van der Waals surface area contributed by atoms with Gasteiger partial charge in [-0.1, -0.05) is 39.0 Å². The molecule has 0 aliphatic heterocycles. The van der Waals surface area contributed by atoms with Gasteiger partial charge in [0.2, 0.25) is 5.96 Å². The van der Waals surface area contributed by atoms with E-state index in [9.17, 15) is 9.59 Å². The molecule has 7 heteroatoms. The van der Waals surface area contributed by atoms with Gasteiger partial charge in [-0.05, 0) is 48.0 Å². The van der Waals surface area contributed by atoms with Crippen molar-refractivity contribution in [2.24, 2.45) is 0 Å². The summed E-state index contributed by atoms with van der Waals surface area (Å²) < 4.78 is 10.5. The first-order valence-corrected chi connectivity index (χ1v) is 9.45. The van der Waals surface area contributed by atoms with E-state index < -0.39 is 23.4 Å². The van der Waals surface area contributed by atoms with Crippen molar-refractivity contribution in [3.05, 3.63) is 0 Å². The Morgan fingerprint density at radius 1 is 0.885 bits per heavy atom. The van der Waals surface area contributed by atoms with Gasteiger partial charge in [0.15, 0.2) is 0 Å². The molecule has 0 radical (unpaired) electrons. The van der Waals surface area contributed by atoms with Crippen LogP contribution >= 0.6 is 0 Å². The van der Waals surface area contributed by atoms with Crippen molar-refractivity contribution in [1.82, 2.24) is 10.2 Å². The van der Waals surface area contributed by atoms with E-state index in [1.165, 1.54) is 12.8 Å². The number of nitrogens with zero attached hydrogens (tertiary/aromatic N) is 1. The first-order chi connectivity index (χ1) is 11.9. The van der Waals surface area contributed by atoms with Gasteiger partial charge in [0.05, 0.1) is 0 Å². The van der Waals surface area contributed by atoms with Crippen molar-refractivity contribution in [3.63, 3.8) is 0 Å². The van der Waals surface area contributed by atoms with Crippen LogP contribution in [0, 0.1) is 5.41 Å². The predicted octanol–water partition coefficient (Wildman–Crippen LogP) is 5.04. The van der Waals surface area contributed by atoms with E-state index in [1.807, 2.05) is 0 Å². The van der Waals surface area contributed by atoms with Crippen LogP contribution in [0.5, 0.6) is 0 Å². The van der Waals surface area contributed by atoms with Crippen LogP contribution in [-0.2, 0) is 9.47 Å². The van der Waals surface area contributed by atoms with Crippen LogP contribution in [-0.4, -0.2) is 40.8 Å². The molecule has 0 aromatic rings. The lowest BCUT2D eigenvalue weighted by atomic mass is 10.1. The van der Waals surface area contributed by atoms with E-state index in [4.69, 9.17) is 14.9 Å². The highest BCUT2D eigenvalue weighted by Gasteiger charge is 2.27. The van der Waals surface area contributed by atoms with Gasteiger partial charge in [0.25, 0.3) is 0 Å². The van der Waals surface area contributed by atoms with E-state index in [-0.39, 0.29) is 5.96 Å². The second kappa shape index (κ2) is 11.0. The molecular formula is C19H37N3O4. The first kappa shape index (κ1) is 24.2. The zero-order valence-electron chi connectivity index (χ0n) is 17.5. The zero-order chi connectivity index (χ0) is 20.4. The summed E-state index contributed by atoms with van der Waals surface area (Å²) in [6.45, 7) is 13.0. The summed E-state index contributed by atoms with van der Waals surface area (Å²) in [5.74, 6) is -0.331. The number of alkyl carbamates (subject to hydrolysis) is 1. The van der Waals surface area contributed by atoms with Gasteiger partial charge in [-0.2, -0.15) is 0 Å². The Kier molecular flexibility index (Phi) is 10.3. The molecule has 26 heavy (non-hydrogen) atoms. The Hall–Kier alpha value is -1.79. The number of amides is 2. The molecule has 0 saturated heterocycles. The fraction of sp³-hybridized carbons (Fsp3) is 0.842. The second-order valence-corrected chi connectivity index (χ2v) is 8.38. The molecule has 0 aliphatic rings. The van der Waals surface area contributed by atoms with Crippen LogP contribution < -0.4 is 5.32 Å². The number of ether oxygens (including phenoxy) is 2. The van der Waals surface area contributed by atoms with Crippen LogP contribution in [0.25, 0.3) is 0 Å². The van der Waals surface area contributed by atoms with Crippen LogP contribution in [0.1, 0.15) is 87.0 Å². The van der Waals surface area contributed by atoms with Crippen molar-refractivity contribution in [3.8, 4) is 0 Å². The maximum absolute atomic E-state index is 12.4. The number of rotatable bonds is 7. The van der Waals surface area contributed by atoms with Crippen LogP contribution in [0.4, 0.5) is 9.59 Å². The van der Waals surface area contributed by atoms with E-state index in [0.717, 1.165) is 30.6 Å². The number of unbranched alkanes of at least 4 members (excludes halogenated alkanes) is 5. The quantitative estimate of drug-likeness (QED) is 0.372. The van der Waals surface area contributed by atoms with Gasteiger partial charge in [-0.15, -0.1) is 0 Å². The Bertz CT molecular complexity index is 464. The topological polar surface area (TPSA) is 91.7 Å². The third kappa shape index (κ3) is 12.6. The SMILES string of the molecule is CCCCCCCCN(C(=N)NC(=O)OC(C)(C)C)C(=O)OC(C)(C)C. The molecule has 0 aromatic heterocycles. The van der Waals surface area contributed by atoms with Crippen LogP contribution in [0.3, 0.4) is 0 Å². The molecule has 0 aliphatic carbocycles. The van der Waals surface area contributed by atoms with Crippen LogP contribution in [0.15, 0.2) is 0 Å². The minimum Gasteiger partial charge on any atom is -0.444 e. The highest BCUT2D eigenvalue weighted by molar-refractivity contribution is 5.99. The van der Waals surface area contributed by atoms with Gasteiger partial charge < -0.3 is 9.47 Å². The maximum Gasteiger partial charge on any atom is 0.417 e. The summed E-state index contributed by atoms with van der Waals surface area (Å²) in [4.78, 5) is 25.4. The monoisotopic (exact) mass is 371 g/mol.